The quantitative estimate of drug-likeness (QED) is 0.649. The van der Waals surface area contributed by atoms with Crippen molar-refractivity contribution in [1.29, 1.82) is 0 Å². The predicted octanol–water partition coefficient (Wildman–Crippen LogP) is 3.10. The van der Waals surface area contributed by atoms with Gasteiger partial charge in [0.15, 0.2) is 5.88 Å². The Hall–Kier alpha value is -3.35. The number of aryl methyl sites for hydroxylation is 1. The molecule has 0 unspecified atom stereocenters. The average Bonchev–Trinajstić information content (AvgIpc) is 3.08. The fourth-order valence-corrected chi connectivity index (χ4v) is 2.93. The van der Waals surface area contributed by atoms with E-state index in [1.807, 2.05) is 31.7 Å². The molecule has 0 radical (unpaired) electrons. The summed E-state index contributed by atoms with van der Waals surface area (Å²) in [5, 5.41) is 2.21. The molecule has 27 heavy (non-hydrogen) atoms. The van der Waals surface area contributed by atoms with Gasteiger partial charge in [0.1, 0.15) is 11.3 Å². The van der Waals surface area contributed by atoms with E-state index in [1.165, 1.54) is 6.08 Å². The molecule has 2 aromatic rings. The van der Waals surface area contributed by atoms with Crippen LogP contribution in [-0.4, -0.2) is 30.9 Å². The zero-order valence-electron chi connectivity index (χ0n) is 15.5. The number of carbonyl (C=O) groups is 3. The minimum absolute atomic E-state index is 0.156. The Morgan fingerprint density at radius 1 is 1.11 bits per heavy atom. The molecule has 4 amide bonds. The molecule has 7 nitrogen and oxygen atoms in total. The number of nitrogens with one attached hydrogen (secondary N) is 1. The number of hydrogen-bond donors (Lipinski definition) is 1. The van der Waals surface area contributed by atoms with Gasteiger partial charge < -0.3 is 9.32 Å². The van der Waals surface area contributed by atoms with Crippen molar-refractivity contribution in [2.75, 3.05) is 22.9 Å². The Balaban J connectivity index is 1.95. The van der Waals surface area contributed by atoms with E-state index in [2.05, 4.69) is 5.32 Å². The predicted molar refractivity (Wildman–Crippen MR) is 102 cm³/mol. The van der Waals surface area contributed by atoms with Crippen LogP contribution in [0.4, 0.5) is 16.4 Å². The van der Waals surface area contributed by atoms with Crippen LogP contribution in [0.1, 0.15) is 25.2 Å². The highest BCUT2D eigenvalue weighted by atomic mass is 16.4. The van der Waals surface area contributed by atoms with E-state index in [0.29, 0.717) is 17.3 Å². The molecule has 1 N–H and O–H groups in total. The Labute approximate surface area is 157 Å². The van der Waals surface area contributed by atoms with Crippen molar-refractivity contribution in [1.82, 2.24) is 5.32 Å². The number of hydrogen-bond acceptors (Lipinski definition) is 5. The first-order valence-electron chi connectivity index (χ1n) is 8.77. The van der Waals surface area contributed by atoms with E-state index in [4.69, 9.17) is 4.42 Å². The molecule has 0 aliphatic carbocycles. The summed E-state index contributed by atoms with van der Waals surface area (Å²) in [6, 6.07) is 9.65. The highest BCUT2D eigenvalue weighted by Gasteiger charge is 2.37. The van der Waals surface area contributed by atoms with E-state index >= 15 is 0 Å². The highest BCUT2D eigenvalue weighted by molar-refractivity contribution is 6.39. The highest BCUT2D eigenvalue weighted by Crippen LogP contribution is 2.25. The van der Waals surface area contributed by atoms with Crippen molar-refractivity contribution in [2.45, 2.75) is 20.8 Å². The molecule has 1 aliphatic rings. The van der Waals surface area contributed by atoms with Crippen LogP contribution in [0.5, 0.6) is 0 Å². The van der Waals surface area contributed by atoms with Crippen LogP contribution < -0.4 is 15.1 Å². The minimum Gasteiger partial charge on any atom is -0.441 e. The number of amides is 4. The molecule has 1 aliphatic heterocycles. The number of benzene rings is 1. The summed E-state index contributed by atoms with van der Waals surface area (Å²) in [6.45, 7) is 7.42. The first-order valence-corrected chi connectivity index (χ1v) is 8.77. The van der Waals surface area contributed by atoms with Crippen molar-refractivity contribution in [3.8, 4) is 0 Å². The Kier molecular flexibility index (Phi) is 5.12. The number of carbonyl (C=O) groups excluding carboxylic acids is 3. The van der Waals surface area contributed by atoms with Crippen molar-refractivity contribution in [3.05, 3.63) is 53.3 Å². The van der Waals surface area contributed by atoms with Crippen molar-refractivity contribution in [2.24, 2.45) is 0 Å². The molecule has 140 valence electrons. The Bertz CT molecular complexity index is 925. The van der Waals surface area contributed by atoms with Crippen LogP contribution in [0.2, 0.25) is 0 Å². The number of furan rings is 1. The van der Waals surface area contributed by atoms with Gasteiger partial charge in [-0.1, -0.05) is 12.1 Å². The summed E-state index contributed by atoms with van der Waals surface area (Å²) < 4.78 is 5.73. The van der Waals surface area contributed by atoms with Crippen molar-refractivity contribution in [3.63, 3.8) is 0 Å². The monoisotopic (exact) mass is 367 g/mol. The molecule has 1 saturated heterocycles. The van der Waals surface area contributed by atoms with Crippen LogP contribution in [0, 0.1) is 6.92 Å². The number of anilines is 2. The molecule has 7 heteroatoms. The van der Waals surface area contributed by atoms with E-state index in [1.54, 1.807) is 30.3 Å². The zero-order valence-corrected chi connectivity index (χ0v) is 15.5. The lowest BCUT2D eigenvalue weighted by Gasteiger charge is -2.26. The second-order valence-corrected chi connectivity index (χ2v) is 6.15. The standard InChI is InChI=1S/C20H21N3O4/c1-4-22(5-2)17-10-9-15(27-17)12-16-18(24)21-20(26)23(19(16)25)14-8-6-7-13(3)11-14/h6-12H,4-5H2,1-3H3,(H,21,24,26)/b16-12-. The van der Waals surface area contributed by atoms with Crippen LogP contribution >= 0.6 is 0 Å². The average molecular weight is 367 g/mol. The Morgan fingerprint density at radius 2 is 1.85 bits per heavy atom. The minimum atomic E-state index is -0.768. The van der Waals surface area contributed by atoms with Crippen LogP contribution in [0.3, 0.4) is 0 Å². The Morgan fingerprint density at radius 3 is 2.52 bits per heavy atom. The van der Waals surface area contributed by atoms with Gasteiger partial charge in [-0.15, -0.1) is 0 Å². The van der Waals surface area contributed by atoms with E-state index < -0.39 is 17.8 Å². The van der Waals surface area contributed by atoms with Crippen LogP contribution in [-0.2, 0) is 9.59 Å². The maximum atomic E-state index is 12.8. The van der Waals surface area contributed by atoms with Gasteiger partial charge in [-0.2, -0.15) is 0 Å². The first-order chi connectivity index (χ1) is 12.9. The third kappa shape index (κ3) is 3.62. The fraction of sp³-hybridized carbons (Fsp3) is 0.250. The van der Waals surface area contributed by atoms with Crippen molar-refractivity contribution >= 4 is 35.5 Å². The maximum Gasteiger partial charge on any atom is 0.335 e. The molecule has 0 spiro atoms. The van der Waals surface area contributed by atoms with E-state index in [0.717, 1.165) is 23.6 Å². The van der Waals surface area contributed by atoms with Crippen LogP contribution in [0.25, 0.3) is 6.08 Å². The molecule has 2 heterocycles. The first kappa shape index (κ1) is 18.4. The summed E-state index contributed by atoms with van der Waals surface area (Å²) in [6.07, 6.45) is 1.36. The summed E-state index contributed by atoms with van der Waals surface area (Å²) in [5.41, 5.74) is 1.14. The number of barbiturate groups is 1. The normalized spacial score (nSPS) is 16.0. The van der Waals surface area contributed by atoms with Gasteiger partial charge in [0.25, 0.3) is 11.8 Å². The topological polar surface area (TPSA) is 82.9 Å². The molecule has 1 aromatic carbocycles. The van der Waals surface area contributed by atoms with Gasteiger partial charge in [-0.3, -0.25) is 14.9 Å². The van der Waals surface area contributed by atoms with E-state index in [9.17, 15) is 14.4 Å². The molecule has 0 saturated carbocycles. The molecule has 1 aromatic heterocycles. The summed E-state index contributed by atoms with van der Waals surface area (Å²) in [4.78, 5) is 40.2. The van der Waals surface area contributed by atoms with Gasteiger partial charge in [-0.25, -0.2) is 9.69 Å². The van der Waals surface area contributed by atoms with Crippen molar-refractivity contribution < 1.29 is 18.8 Å². The lowest BCUT2D eigenvalue weighted by Crippen LogP contribution is -2.54. The van der Waals surface area contributed by atoms with Gasteiger partial charge in [0.2, 0.25) is 0 Å². The second-order valence-electron chi connectivity index (χ2n) is 6.15. The third-order valence-corrected chi connectivity index (χ3v) is 4.34. The number of nitrogens with zero attached hydrogens (tertiary/aromatic N) is 2. The number of urea groups is 1. The summed E-state index contributed by atoms with van der Waals surface area (Å²) in [7, 11) is 0. The third-order valence-electron chi connectivity index (χ3n) is 4.34. The molecular formula is C20H21N3O4. The second kappa shape index (κ2) is 7.49. The molecule has 0 bridgehead atoms. The zero-order chi connectivity index (χ0) is 19.6. The molecule has 1 fully saturated rings. The van der Waals surface area contributed by atoms with E-state index in [-0.39, 0.29) is 5.57 Å². The number of imide groups is 2. The largest absolute Gasteiger partial charge is 0.441 e. The smallest absolute Gasteiger partial charge is 0.335 e. The van der Waals surface area contributed by atoms with Gasteiger partial charge in [0, 0.05) is 19.2 Å². The molecule has 3 rings (SSSR count). The van der Waals surface area contributed by atoms with Gasteiger partial charge in [-0.05, 0) is 50.6 Å². The lowest BCUT2D eigenvalue weighted by atomic mass is 10.1. The lowest BCUT2D eigenvalue weighted by molar-refractivity contribution is -0.122. The summed E-state index contributed by atoms with van der Waals surface area (Å²) in [5.74, 6) is -0.402. The maximum absolute atomic E-state index is 12.8. The SMILES string of the molecule is CCN(CC)c1ccc(/C=C2/C(=O)NC(=O)N(c3cccc(C)c3)C2=O)o1. The van der Waals surface area contributed by atoms with Gasteiger partial charge >= 0.3 is 6.03 Å². The summed E-state index contributed by atoms with van der Waals surface area (Å²) >= 11 is 0. The molecular weight excluding hydrogens is 346 g/mol. The van der Waals surface area contributed by atoms with Gasteiger partial charge in [0.05, 0.1) is 5.69 Å². The number of rotatable bonds is 5. The van der Waals surface area contributed by atoms with Crippen LogP contribution in [0.15, 0.2) is 46.4 Å². The molecule has 0 atom stereocenters. The fourth-order valence-electron chi connectivity index (χ4n) is 2.93.